The summed E-state index contributed by atoms with van der Waals surface area (Å²) >= 11 is 0. The van der Waals surface area contributed by atoms with Crippen LogP contribution >= 0.6 is 0 Å². The Morgan fingerprint density at radius 3 is 3.00 bits per heavy atom. The second-order valence-corrected chi connectivity index (χ2v) is 3.30. The van der Waals surface area contributed by atoms with Gasteiger partial charge in [-0.15, -0.1) is 0 Å². The smallest absolute Gasteiger partial charge is 0.221 e. The summed E-state index contributed by atoms with van der Waals surface area (Å²) in [6, 6.07) is 0. The summed E-state index contributed by atoms with van der Waals surface area (Å²) in [5.74, 6) is 0.189. The molecule has 0 bridgehead atoms. The Balaban J connectivity index is 2.10. The number of hydrogen-bond donors (Lipinski definition) is 1. The van der Waals surface area contributed by atoms with E-state index in [-0.39, 0.29) is 11.8 Å². The number of hydrogen-bond acceptors (Lipinski definition) is 2. The first kappa shape index (κ1) is 7.34. The normalized spacial score (nSPS) is 27.1. The molecule has 64 valence electrons. The first-order valence-electron chi connectivity index (χ1n) is 3.96. The van der Waals surface area contributed by atoms with E-state index in [9.17, 15) is 4.79 Å². The Morgan fingerprint density at radius 1 is 1.83 bits per heavy atom. The van der Waals surface area contributed by atoms with Crippen molar-refractivity contribution in [3.63, 3.8) is 0 Å². The highest BCUT2D eigenvalue weighted by Gasteiger charge is 2.43. The average Bonchev–Trinajstić information content (AvgIpc) is 2.70. The van der Waals surface area contributed by atoms with Crippen LogP contribution in [0.15, 0.2) is 12.4 Å². The third-order valence-corrected chi connectivity index (χ3v) is 2.31. The van der Waals surface area contributed by atoms with Gasteiger partial charge in [0.15, 0.2) is 0 Å². The van der Waals surface area contributed by atoms with Crippen molar-refractivity contribution in [3.8, 4) is 0 Å². The van der Waals surface area contributed by atoms with E-state index in [4.69, 9.17) is 5.73 Å². The number of nitrogens with two attached hydrogens (primary N) is 1. The zero-order chi connectivity index (χ0) is 8.72. The van der Waals surface area contributed by atoms with Crippen molar-refractivity contribution < 1.29 is 4.79 Å². The molecule has 4 nitrogen and oxygen atoms in total. The maximum atomic E-state index is 10.7. The average molecular weight is 165 g/mol. The van der Waals surface area contributed by atoms with Gasteiger partial charge in [-0.3, -0.25) is 9.48 Å². The quantitative estimate of drug-likeness (QED) is 0.671. The lowest BCUT2D eigenvalue weighted by atomic mass is 10.2. The lowest BCUT2D eigenvalue weighted by molar-refractivity contribution is -0.119. The van der Waals surface area contributed by atoms with Gasteiger partial charge in [0, 0.05) is 19.2 Å². The Morgan fingerprint density at radius 2 is 2.58 bits per heavy atom. The molecule has 0 saturated heterocycles. The van der Waals surface area contributed by atoms with E-state index in [0.717, 1.165) is 12.0 Å². The fourth-order valence-electron chi connectivity index (χ4n) is 1.51. The molecule has 1 heterocycles. The van der Waals surface area contributed by atoms with Crippen molar-refractivity contribution in [2.45, 2.75) is 12.3 Å². The molecule has 0 spiro atoms. The largest absolute Gasteiger partial charge is 0.369 e. The molecule has 1 aliphatic rings. The third kappa shape index (κ3) is 1.09. The molecule has 1 saturated carbocycles. The number of carbonyl (C=O) groups is 1. The second-order valence-electron chi connectivity index (χ2n) is 3.30. The van der Waals surface area contributed by atoms with Crippen molar-refractivity contribution in [1.29, 1.82) is 0 Å². The summed E-state index contributed by atoms with van der Waals surface area (Å²) in [6.45, 7) is 0. The molecule has 1 aromatic rings. The third-order valence-electron chi connectivity index (χ3n) is 2.31. The SMILES string of the molecule is Cn1cc([C@H]2C[C@@H]2C(N)=O)cn1. The van der Waals surface area contributed by atoms with Crippen LogP contribution < -0.4 is 5.73 Å². The van der Waals surface area contributed by atoms with E-state index < -0.39 is 0 Å². The first-order valence-corrected chi connectivity index (χ1v) is 3.96. The number of rotatable bonds is 2. The van der Waals surface area contributed by atoms with Crippen LogP contribution in [0.5, 0.6) is 0 Å². The summed E-state index contributed by atoms with van der Waals surface area (Å²) in [4.78, 5) is 10.7. The molecule has 0 aliphatic heterocycles. The zero-order valence-electron chi connectivity index (χ0n) is 6.90. The summed E-state index contributed by atoms with van der Waals surface area (Å²) in [7, 11) is 1.87. The van der Waals surface area contributed by atoms with Crippen LogP contribution in [0.25, 0.3) is 0 Å². The van der Waals surface area contributed by atoms with Crippen LogP contribution in [0.2, 0.25) is 0 Å². The molecule has 0 unspecified atom stereocenters. The summed E-state index contributed by atoms with van der Waals surface area (Å²) in [5, 5.41) is 4.04. The molecule has 1 aromatic heterocycles. The molecule has 2 atom stereocenters. The molecule has 1 aliphatic carbocycles. The van der Waals surface area contributed by atoms with Crippen molar-refractivity contribution in [1.82, 2.24) is 9.78 Å². The number of carbonyl (C=O) groups excluding carboxylic acids is 1. The van der Waals surface area contributed by atoms with Crippen molar-refractivity contribution in [2.24, 2.45) is 18.7 Å². The lowest BCUT2D eigenvalue weighted by Gasteiger charge is -1.90. The number of amides is 1. The van der Waals surface area contributed by atoms with Crippen LogP contribution in [0.3, 0.4) is 0 Å². The highest BCUT2D eigenvalue weighted by atomic mass is 16.1. The minimum atomic E-state index is -0.191. The van der Waals surface area contributed by atoms with Crippen LogP contribution in [0.1, 0.15) is 17.9 Å². The summed E-state index contributed by atoms with van der Waals surface area (Å²) < 4.78 is 1.74. The van der Waals surface area contributed by atoms with Gasteiger partial charge in [-0.25, -0.2) is 0 Å². The fraction of sp³-hybridized carbons (Fsp3) is 0.500. The van der Waals surface area contributed by atoms with Crippen molar-refractivity contribution in [2.75, 3.05) is 0 Å². The Hall–Kier alpha value is -1.32. The van der Waals surface area contributed by atoms with Crippen LogP contribution in [0.4, 0.5) is 0 Å². The molecule has 4 heteroatoms. The Kier molecular flexibility index (Phi) is 1.43. The number of nitrogens with zero attached hydrogens (tertiary/aromatic N) is 2. The van der Waals surface area contributed by atoms with E-state index in [1.165, 1.54) is 0 Å². The van der Waals surface area contributed by atoms with E-state index in [1.807, 2.05) is 13.2 Å². The van der Waals surface area contributed by atoms with E-state index in [0.29, 0.717) is 5.92 Å². The predicted octanol–water partition coefficient (Wildman–Crippen LogP) is 0.00890. The summed E-state index contributed by atoms with van der Waals surface area (Å²) in [6.07, 6.45) is 4.63. The number of primary amides is 1. The van der Waals surface area contributed by atoms with Gasteiger partial charge >= 0.3 is 0 Å². The van der Waals surface area contributed by atoms with Crippen LogP contribution in [0, 0.1) is 5.92 Å². The standard InChI is InChI=1S/C8H11N3O/c1-11-4-5(3-10-11)6-2-7(6)8(9)12/h3-4,6-7H,2H2,1H3,(H2,9,12)/t6-,7+/m1/s1. The van der Waals surface area contributed by atoms with Crippen molar-refractivity contribution in [3.05, 3.63) is 18.0 Å². The highest BCUT2D eigenvalue weighted by Crippen LogP contribution is 2.46. The van der Waals surface area contributed by atoms with Gasteiger partial charge in [0.25, 0.3) is 0 Å². The zero-order valence-corrected chi connectivity index (χ0v) is 6.90. The van der Waals surface area contributed by atoms with Gasteiger partial charge in [-0.05, 0) is 17.9 Å². The molecule has 1 fully saturated rings. The van der Waals surface area contributed by atoms with Gasteiger partial charge in [0.2, 0.25) is 5.91 Å². The van der Waals surface area contributed by atoms with Gasteiger partial charge in [-0.2, -0.15) is 5.10 Å². The Bertz CT molecular complexity index is 318. The molecule has 2 rings (SSSR count). The molecular weight excluding hydrogens is 154 g/mol. The van der Waals surface area contributed by atoms with Gasteiger partial charge in [-0.1, -0.05) is 0 Å². The second kappa shape index (κ2) is 2.33. The number of aryl methyl sites for hydroxylation is 1. The van der Waals surface area contributed by atoms with Gasteiger partial charge in [0.1, 0.15) is 0 Å². The van der Waals surface area contributed by atoms with Gasteiger partial charge < -0.3 is 5.73 Å². The topological polar surface area (TPSA) is 60.9 Å². The van der Waals surface area contributed by atoms with Gasteiger partial charge in [0.05, 0.1) is 6.20 Å². The molecule has 1 amide bonds. The Labute approximate surface area is 70.4 Å². The lowest BCUT2D eigenvalue weighted by Crippen LogP contribution is -2.13. The monoisotopic (exact) mass is 165 g/mol. The molecule has 0 radical (unpaired) electrons. The van der Waals surface area contributed by atoms with E-state index >= 15 is 0 Å². The molecular formula is C8H11N3O. The first-order chi connectivity index (χ1) is 5.68. The fourth-order valence-corrected chi connectivity index (χ4v) is 1.51. The number of aromatic nitrogens is 2. The minimum Gasteiger partial charge on any atom is -0.369 e. The molecule has 0 aromatic carbocycles. The maximum Gasteiger partial charge on any atom is 0.221 e. The molecule has 12 heavy (non-hydrogen) atoms. The van der Waals surface area contributed by atoms with Crippen molar-refractivity contribution >= 4 is 5.91 Å². The maximum absolute atomic E-state index is 10.7. The van der Waals surface area contributed by atoms with E-state index in [1.54, 1.807) is 10.9 Å². The van der Waals surface area contributed by atoms with Crippen LogP contribution in [-0.4, -0.2) is 15.7 Å². The minimum absolute atomic E-state index is 0.0502. The molecule has 2 N–H and O–H groups in total. The predicted molar refractivity (Wildman–Crippen MR) is 43.3 cm³/mol. The highest BCUT2D eigenvalue weighted by molar-refractivity contribution is 5.81. The van der Waals surface area contributed by atoms with Crippen LogP contribution in [-0.2, 0) is 11.8 Å². The summed E-state index contributed by atoms with van der Waals surface area (Å²) in [5.41, 5.74) is 6.29. The van der Waals surface area contributed by atoms with E-state index in [2.05, 4.69) is 5.10 Å².